The number of benzene rings is 1. The Morgan fingerprint density at radius 3 is 2.56 bits per heavy atom. The van der Waals surface area contributed by atoms with Crippen LogP contribution in [0.4, 0.5) is 19.0 Å². The van der Waals surface area contributed by atoms with Crippen molar-refractivity contribution in [2.75, 3.05) is 5.73 Å². The van der Waals surface area contributed by atoms with Crippen molar-refractivity contribution in [1.82, 2.24) is 19.4 Å². The van der Waals surface area contributed by atoms with Crippen molar-refractivity contribution in [2.45, 2.75) is 6.18 Å². The fourth-order valence-electron chi connectivity index (χ4n) is 2.81. The molecule has 0 radical (unpaired) electrons. The lowest BCUT2D eigenvalue weighted by Crippen LogP contribution is -2.04. The Labute approximate surface area is 159 Å². The van der Waals surface area contributed by atoms with Crippen LogP contribution in [-0.2, 0) is 6.18 Å². The zero-order chi connectivity index (χ0) is 19.2. The van der Waals surface area contributed by atoms with Crippen molar-refractivity contribution >= 4 is 27.5 Å². The van der Waals surface area contributed by atoms with Crippen molar-refractivity contribution in [1.29, 1.82) is 0 Å². The van der Waals surface area contributed by atoms with Gasteiger partial charge in [-0.1, -0.05) is 12.1 Å². The summed E-state index contributed by atoms with van der Waals surface area (Å²) in [5.74, 6) is 0.566. The number of imidazole rings is 1. The molecule has 27 heavy (non-hydrogen) atoms. The van der Waals surface area contributed by atoms with Gasteiger partial charge in [-0.15, -0.1) is 0 Å². The second-order valence-electron chi connectivity index (χ2n) is 5.78. The number of aromatic nitrogens is 4. The van der Waals surface area contributed by atoms with E-state index in [4.69, 9.17) is 5.73 Å². The van der Waals surface area contributed by atoms with Crippen LogP contribution in [0, 0.1) is 0 Å². The first-order valence-corrected chi connectivity index (χ1v) is 8.56. The Balaban J connectivity index is 2.02. The highest BCUT2D eigenvalue weighted by atomic mass is 79.9. The number of rotatable bonds is 2. The Kier molecular flexibility index (Phi) is 4.11. The van der Waals surface area contributed by atoms with Crippen LogP contribution in [0.2, 0.25) is 0 Å². The summed E-state index contributed by atoms with van der Waals surface area (Å²) in [5.41, 5.74) is 7.02. The van der Waals surface area contributed by atoms with E-state index in [1.165, 1.54) is 6.07 Å². The van der Waals surface area contributed by atoms with Gasteiger partial charge in [0.25, 0.3) is 0 Å². The van der Waals surface area contributed by atoms with Gasteiger partial charge in [0.1, 0.15) is 10.4 Å². The second kappa shape index (κ2) is 6.34. The van der Waals surface area contributed by atoms with Gasteiger partial charge in [0.2, 0.25) is 5.78 Å². The number of alkyl halides is 3. The molecule has 0 fully saturated rings. The van der Waals surface area contributed by atoms with Crippen LogP contribution in [0.3, 0.4) is 0 Å². The molecule has 3 heterocycles. The molecule has 0 saturated heterocycles. The van der Waals surface area contributed by atoms with E-state index in [1.807, 2.05) is 0 Å². The summed E-state index contributed by atoms with van der Waals surface area (Å²) in [6, 6.07) is 10.2. The fraction of sp³-hybridized carbons (Fsp3) is 0.0556. The van der Waals surface area contributed by atoms with Gasteiger partial charge < -0.3 is 5.73 Å². The van der Waals surface area contributed by atoms with Crippen molar-refractivity contribution in [2.24, 2.45) is 0 Å². The third-order valence-corrected chi connectivity index (χ3v) is 4.41. The highest BCUT2D eigenvalue weighted by Crippen LogP contribution is 2.36. The summed E-state index contributed by atoms with van der Waals surface area (Å²) in [6.07, 6.45) is -1.16. The monoisotopic (exact) mass is 433 g/mol. The van der Waals surface area contributed by atoms with Gasteiger partial charge in [0.15, 0.2) is 0 Å². The van der Waals surface area contributed by atoms with Gasteiger partial charge in [-0.2, -0.15) is 18.2 Å². The minimum atomic E-state index is -4.45. The lowest BCUT2D eigenvalue weighted by Gasteiger charge is -2.09. The number of hydrogen-bond acceptors (Lipinski definition) is 4. The van der Waals surface area contributed by atoms with Crippen LogP contribution >= 0.6 is 15.9 Å². The van der Waals surface area contributed by atoms with Crippen LogP contribution in [-0.4, -0.2) is 19.4 Å². The molecule has 0 aliphatic heterocycles. The predicted octanol–water partition coefficient (Wildman–Crippen LogP) is 4.82. The van der Waals surface area contributed by atoms with Gasteiger partial charge in [0.05, 0.1) is 17.0 Å². The topological polar surface area (TPSA) is 69.1 Å². The van der Waals surface area contributed by atoms with E-state index < -0.39 is 11.7 Å². The van der Waals surface area contributed by atoms with E-state index in [9.17, 15) is 13.2 Å². The van der Waals surface area contributed by atoms with E-state index in [1.54, 1.807) is 41.1 Å². The fourth-order valence-corrected chi connectivity index (χ4v) is 3.18. The summed E-state index contributed by atoms with van der Waals surface area (Å²) in [6.45, 7) is 0. The van der Waals surface area contributed by atoms with Crippen LogP contribution in [0.5, 0.6) is 0 Å². The summed E-state index contributed by atoms with van der Waals surface area (Å²) in [4.78, 5) is 12.7. The maximum atomic E-state index is 13.1. The number of nitrogens with zero attached hydrogens (tertiary/aromatic N) is 4. The molecule has 0 spiro atoms. The molecule has 1 aromatic carbocycles. The summed E-state index contributed by atoms with van der Waals surface area (Å²) in [7, 11) is 0. The SMILES string of the molecule is Nc1ccn2c(-c3ccnc(Br)c3)c(-c3cccc(C(F)(F)F)c3)nc2n1. The van der Waals surface area contributed by atoms with Gasteiger partial charge in [0, 0.05) is 23.5 Å². The summed E-state index contributed by atoms with van der Waals surface area (Å²) >= 11 is 3.32. The van der Waals surface area contributed by atoms with Crippen LogP contribution < -0.4 is 5.73 Å². The Morgan fingerprint density at radius 1 is 1.00 bits per heavy atom. The molecular weight excluding hydrogens is 423 g/mol. The quantitative estimate of drug-likeness (QED) is 0.460. The lowest BCUT2D eigenvalue weighted by atomic mass is 10.0. The standard InChI is InChI=1S/C18H11BrF3N5/c19-13-9-11(4-6-24-13)16-15(26-17-25-14(23)5-7-27(16)17)10-2-1-3-12(8-10)18(20,21)22/h1-9H,(H2,23,25,26). The zero-order valence-corrected chi connectivity index (χ0v) is 15.2. The molecule has 0 aliphatic rings. The summed E-state index contributed by atoms with van der Waals surface area (Å²) in [5, 5.41) is 0. The van der Waals surface area contributed by atoms with Gasteiger partial charge in [-0.25, -0.2) is 9.97 Å². The normalized spacial score (nSPS) is 11.9. The number of nitrogen functional groups attached to an aromatic ring is 1. The van der Waals surface area contributed by atoms with Crippen molar-refractivity contribution < 1.29 is 13.2 Å². The van der Waals surface area contributed by atoms with E-state index in [0.717, 1.165) is 17.7 Å². The number of halogens is 4. The second-order valence-corrected chi connectivity index (χ2v) is 6.59. The number of pyridine rings is 1. The van der Waals surface area contributed by atoms with Crippen molar-refractivity contribution in [3.63, 3.8) is 0 Å². The van der Waals surface area contributed by atoms with Crippen molar-refractivity contribution in [3.05, 3.63) is 65.0 Å². The zero-order valence-electron chi connectivity index (χ0n) is 13.6. The molecule has 0 atom stereocenters. The van der Waals surface area contributed by atoms with Crippen LogP contribution in [0.25, 0.3) is 28.3 Å². The average Bonchev–Trinajstić information content (AvgIpc) is 2.99. The number of fused-ring (bicyclic) bond motifs is 1. The Bertz CT molecular complexity index is 1150. The number of nitrogens with two attached hydrogens (primary N) is 1. The predicted molar refractivity (Wildman–Crippen MR) is 98.8 cm³/mol. The molecule has 0 unspecified atom stereocenters. The van der Waals surface area contributed by atoms with Crippen LogP contribution in [0.15, 0.2) is 59.5 Å². The molecule has 136 valence electrons. The van der Waals surface area contributed by atoms with E-state index in [-0.39, 0.29) is 5.82 Å². The molecule has 0 amide bonds. The minimum Gasteiger partial charge on any atom is -0.384 e. The van der Waals surface area contributed by atoms with Crippen LogP contribution in [0.1, 0.15) is 5.56 Å². The maximum absolute atomic E-state index is 13.1. The van der Waals surface area contributed by atoms with E-state index in [2.05, 4.69) is 30.9 Å². The molecule has 0 aliphatic carbocycles. The van der Waals surface area contributed by atoms with Gasteiger partial charge >= 0.3 is 6.18 Å². The van der Waals surface area contributed by atoms with Gasteiger partial charge in [-0.3, -0.25) is 4.40 Å². The maximum Gasteiger partial charge on any atom is 0.416 e. The molecule has 0 saturated carbocycles. The molecule has 3 aromatic heterocycles. The molecule has 5 nitrogen and oxygen atoms in total. The molecule has 2 N–H and O–H groups in total. The molecule has 4 aromatic rings. The first kappa shape index (κ1) is 17.5. The molecule has 0 bridgehead atoms. The van der Waals surface area contributed by atoms with E-state index in [0.29, 0.717) is 27.3 Å². The number of anilines is 1. The van der Waals surface area contributed by atoms with Gasteiger partial charge in [-0.05, 0) is 46.3 Å². The molecular formula is C18H11BrF3N5. The van der Waals surface area contributed by atoms with Crippen molar-refractivity contribution in [3.8, 4) is 22.5 Å². The lowest BCUT2D eigenvalue weighted by molar-refractivity contribution is -0.137. The third kappa shape index (κ3) is 3.25. The highest BCUT2D eigenvalue weighted by Gasteiger charge is 2.31. The largest absolute Gasteiger partial charge is 0.416 e. The smallest absolute Gasteiger partial charge is 0.384 e. The third-order valence-electron chi connectivity index (χ3n) is 3.98. The Morgan fingerprint density at radius 2 is 1.81 bits per heavy atom. The molecule has 4 rings (SSSR count). The Hall–Kier alpha value is -2.94. The first-order valence-electron chi connectivity index (χ1n) is 7.77. The summed E-state index contributed by atoms with van der Waals surface area (Å²) < 4.78 is 41.7. The average molecular weight is 434 g/mol. The van der Waals surface area contributed by atoms with E-state index >= 15 is 0 Å². The molecule has 9 heteroatoms. The minimum absolute atomic E-state index is 0.269. The first-order chi connectivity index (χ1) is 12.8. The highest BCUT2D eigenvalue weighted by molar-refractivity contribution is 9.10. The number of hydrogen-bond donors (Lipinski definition) is 1.